The number of aliphatic hydroxyl groups excluding tert-OH is 1. The van der Waals surface area contributed by atoms with Crippen LogP contribution < -0.4 is 0 Å². The van der Waals surface area contributed by atoms with Gasteiger partial charge in [0.15, 0.2) is 0 Å². The van der Waals surface area contributed by atoms with Gasteiger partial charge in [0.1, 0.15) is 6.10 Å². The van der Waals surface area contributed by atoms with Gasteiger partial charge in [0, 0.05) is 12.9 Å². The van der Waals surface area contributed by atoms with E-state index in [-0.39, 0.29) is 16.5 Å². The van der Waals surface area contributed by atoms with Crippen molar-refractivity contribution >= 4 is 21.6 Å². The summed E-state index contributed by atoms with van der Waals surface area (Å²) in [7, 11) is 0.691. The van der Waals surface area contributed by atoms with Crippen LogP contribution in [0.1, 0.15) is 0 Å². The van der Waals surface area contributed by atoms with E-state index in [0.717, 1.165) is 7.11 Å². The van der Waals surface area contributed by atoms with Crippen LogP contribution in [0.2, 0.25) is 0 Å². The minimum absolute atomic E-state index is 0.253. The lowest BCUT2D eigenvalue weighted by Crippen LogP contribution is -2.66. The minimum Gasteiger partial charge on any atom is -0.389 e. The lowest BCUT2D eigenvalue weighted by atomic mass is 9.95. The van der Waals surface area contributed by atoms with Gasteiger partial charge in [0.05, 0.1) is 6.10 Å². The molecule has 1 rings (SSSR count). The lowest BCUT2D eigenvalue weighted by molar-refractivity contribution is -0.295. The highest BCUT2D eigenvalue weighted by atomic mass is 33.1. The van der Waals surface area contributed by atoms with Crippen molar-refractivity contribution in [3.63, 3.8) is 0 Å². The van der Waals surface area contributed by atoms with E-state index in [1.165, 1.54) is 0 Å². The average molecular weight is 302 g/mol. The van der Waals surface area contributed by atoms with Crippen LogP contribution in [0.15, 0.2) is 0 Å². The Morgan fingerprint density at radius 3 is 1.94 bits per heavy atom. The van der Waals surface area contributed by atoms with Crippen LogP contribution >= 0.6 is 21.6 Å². The number of halogens is 6. The molecule has 0 aliphatic carbocycles. The molecule has 1 saturated heterocycles. The Hall–Kier alpha value is 0.200. The van der Waals surface area contributed by atoms with Crippen molar-refractivity contribution in [2.75, 3.05) is 12.9 Å². The number of hydrogen-bond donors (Lipinski definition) is 1. The summed E-state index contributed by atoms with van der Waals surface area (Å²) in [6, 6.07) is 0. The van der Waals surface area contributed by atoms with Gasteiger partial charge in [-0.3, -0.25) is 0 Å². The molecule has 1 aliphatic rings. The highest BCUT2D eigenvalue weighted by Crippen LogP contribution is 2.61. The maximum absolute atomic E-state index is 12.8. The molecule has 10 heteroatoms. The molecule has 0 amide bonds. The zero-order valence-electron chi connectivity index (χ0n) is 8.30. The second kappa shape index (κ2) is 4.71. The summed E-state index contributed by atoms with van der Waals surface area (Å²) in [6.07, 6.45) is -15.3. The van der Waals surface area contributed by atoms with Crippen molar-refractivity contribution in [2.45, 2.75) is 29.3 Å². The molecule has 2 nitrogen and oxygen atoms in total. The monoisotopic (exact) mass is 302 g/mol. The smallest absolute Gasteiger partial charge is 0.389 e. The topological polar surface area (TPSA) is 29.5 Å². The number of ether oxygens (including phenoxy) is 1. The second-order valence-corrected chi connectivity index (χ2v) is 5.91. The molecular formula is C7H8F6O2S2. The third-order valence-electron chi connectivity index (χ3n) is 2.28. The summed E-state index contributed by atoms with van der Waals surface area (Å²) in [6.45, 7) is 0. The molecular weight excluding hydrogens is 294 g/mol. The first kappa shape index (κ1) is 15.3. The first-order chi connectivity index (χ1) is 7.58. The first-order valence-electron chi connectivity index (χ1n) is 4.23. The molecule has 1 aliphatic heterocycles. The molecule has 0 aromatic heterocycles. The largest absolute Gasteiger partial charge is 0.415 e. The number of aliphatic hydroxyl groups is 1. The maximum Gasteiger partial charge on any atom is 0.415 e. The Balaban J connectivity index is 3.30. The van der Waals surface area contributed by atoms with Gasteiger partial charge in [-0.25, -0.2) is 0 Å². The van der Waals surface area contributed by atoms with Crippen LogP contribution in [0.4, 0.5) is 26.3 Å². The standard InChI is InChI=1S/C7H8F6O2S2/c1-15-4-3(14)2-16-17-5(4,6(8,9)10)7(11,12)13/h3-4,14H,2H2,1H3. The van der Waals surface area contributed by atoms with E-state index in [4.69, 9.17) is 0 Å². The van der Waals surface area contributed by atoms with Gasteiger partial charge < -0.3 is 9.84 Å². The summed E-state index contributed by atoms with van der Waals surface area (Å²) in [5.74, 6) is -0.253. The van der Waals surface area contributed by atoms with Gasteiger partial charge in [-0.2, -0.15) is 26.3 Å². The predicted octanol–water partition coefficient (Wildman–Crippen LogP) is 2.62. The van der Waals surface area contributed by atoms with E-state index >= 15 is 0 Å². The molecule has 0 aromatic rings. The summed E-state index contributed by atoms with van der Waals surface area (Å²) >= 11 is 0. The van der Waals surface area contributed by atoms with Crippen molar-refractivity contribution in [2.24, 2.45) is 0 Å². The maximum atomic E-state index is 12.8. The SMILES string of the molecule is COC1C(O)CSSC1(C(F)(F)F)C(F)(F)F. The Kier molecular flexibility index (Phi) is 4.22. The van der Waals surface area contributed by atoms with Gasteiger partial charge in [-0.15, -0.1) is 0 Å². The van der Waals surface area contributed by atoms with Crippen molar-refractivity contribution in [1.82, 2.24) is 0 Å². The molecule has 1 N–H and O–H groups in total. The van der Waals surface area contributed by atoms with Gasteiger partial charge >= 0.3 is 12.4 Å². The van der Waals surface area contributed by atoms with Crippen LogP contribution in [-0.2, 0) is 4.74 Å². The van der Waals surface area contributed by atoms with E-state index in [9.17, 15) is 31.4 Å². The predicted molar refractivity (Wildman–Crippen MR) is 51.7 cm³/mol. The molecule has 1 fully saturated rings. The molecule has 0 saturated carbocycles. The Morgan fingerprint density at radius 2 is 1.65 bits per heavy atom. The molecule has 2 unspecified atom stereocenters. The fraction of sp³-hybridized carbons (Fsp3) is 1.00. The van der Waals surface area contributed by atoms with E-state index in [1.54, 1.807) is 0 Å². The van der Waals surface area contributed by atoms with Crippen molar-refractivity contribution in [1.29, 1.82) is 0 Å². The lowest BCUT2D eigenvalue weighted by Gasteiger charge is -2.45. The second-order valence-electron chi connectivity index (χ2n) is 3.32. The number of methoxy groups -OCH3 is 1. The normalized spacial score (nSPS) is 30.4. The highest BCUT2D eigenvalue weighted by molar-refractivity contribution is 8.77. The molecule has 102 valence electrons. The third kappa shape index (κ3) is 2.36. The van der Waals surface area contributed by atoms with Crippen LogP contribution in [0.25, 0.3) is 0 Å². The fourth-order valence-electron chi connectivity index (χ4n) is 1.50. The summed E-state index contributed by atoms with van der Waals surface area (Å²) in [5.41, 5.74) is 0. The van der Waals surface area contributed by atoms with E-state index in [2.05, 4.69) is 4.74 Å². The van der Waals surface area contributed by atoms with Crippen molar-refractivity contribution in [3.05, 3.63) is 0 Å². The quantitative estimate of drug-likeness (QED) is 0.595. The van der Waals surface area contributed by atoms with Crippen LogP contribution in [0, 0.1) is 0 Å². The molecule has 17 heavy (non-hydrogen) atoms. The van der Waals surface area contributed by atoms with Gasteiger partial charge in [-0.05, 0) is 0 Å². The van der Waals surface area contributed by atoms with Crippen LogP contribution in [0.3, 0.4) is 0 Å². The fourth-order valence-corrected chi connectivity index (χ4v) is 4.64. The van der Waals surface area contributed by atoms with E-state index < -0.39 is 29.3 Å². The van der Waals surface area contributed by atoms with Gasteiger partial charge in [0.25, 0.3) is 0 Å². The number of hydrogen-bond acceptors (Lipinski definition) is 4. The van der Waals surface area contributed by atoms with E-state index in [1.807, 2.05) is 0 Å². The third-order valence-corrected chi connectivity index (χ3v) is 5.38. The Bertz CT molecular complexity index is 265. The molecule has 2 atom stereocenters. The zero-order chi connectivity index (χ0) is 13.5. The zero-order valence-corrected chi connectivity index (χ0v) is 9.93. The van der Waals surface area contributed by atoms with Crippen LogP contribution in [0.5, 0.6) is 0 Å². The van der Waals surface area contributed by atoms with Gasteiger partial charge in [0.2, 0.25) is 4.75 Å². The van der Waals surface area contributed by atoms with Crippen LogP contribution in [-0.4, -0.2) is 47.3 Å². The Morgan fingerprint density at radius 1 is 1.18 bits per heavy atom. The number of rotatable bonds is 1. The summed E-state index contributed by atoms with van der Waals surface area (Å²) in [4.78, 5) is 0. The average Bonchev–Trinajstić information content (AvgIpc) is 2.13. The summed E-state index contributed by atoms with van der Waals surface area (Å²) in [5, 5.41) is 9.27. The molecule has 0 spiro atoms. The van der Waals surface area contributed by atoms with Crippen molar-refractivity contribution in [3.8, 4) is 0 Å². The number of alkyl halides is 6. The Labute approximate surface area is 100 Å². The van der Waals surface area contributed by atoms with Gasteiger partial charge in [-0.1, -0.05) is 21.6 Å². The van der Waals surface area contributed by atoms with Crippen molar-refractivity contribution < 1.29 is 36.2 Å². The highest BCUT2D eigenvalue weighted by Gasteiger charge is 2.77. The molecule has 0 bridgehead atoms. The minimum atomic E-state index is -5.56. The first-order valence-corrected chi connectivity index (χ1v) is 6.54. The molecule has 1 heterocycles. The molecule has 0 radical (unpaired) electrons. The summed E-state index contributed by atoms with van der Waals surface area (Å²) < 4.78 is 76.7. The van der Waals surface area contributed by atoms with E-state index in [0.29, 0.717) is 10.8 Å². The molecule has 0 aromatic carbocycles.